The highest BCUT2D eigenvalue weighted by atomic mass is 16.5. The van der Waals surface area contributed by atoms with Crippen LogP contribution in [0.3, 0.4) is 0 Å². The number of amides is 2. The van der Waals surface area contributed by atoms with Crippen molar-refractivity contribution in [2.45, 2.75) is 6.42 Å². The summed E-state index contributed by atoms with van der Waals surface area (Å²) in [4.78, 5) is 24.4. The molecule has 1 aliphatic heterocycles. The maximum atomic E-state index is 11.5. The van der Waals surface area contributed by atoms with Gasteiger partial charge in [-0.3, -0.25) is 4.79 Å². The van der Waals surface area contributed by atoms with Crippen molar-refractivity contribution in [2.75, 3.05) is 38.6 Å². The molecular formula is C14H19N3O4. The number of rotatable bonds is 7. The molecule has 7 heteroatoms. The first-order valence-corrected chi connectivity index (χ1v) is 6.82. The highest BCUT2D eigenvalue weighted by molar-refractivity contribution is 5.76. The zero-order chi connectivity index (χ0) is 15.1. The van der Waals surface area contributed by atoms with Crippen LogP contribution in [0.1, 0.15) is 6.42 Å². The maximum Gasteiger partial charge on any atom is 0.317 e. The third-order valence-electron chi connectivity index (χ3n) is 3.02. The Hall–Kier alpha value is -2.44. The second-order valence-electron chi connectivity index (χ2n) is 4.61. The van der Waals surface area contributed by atoms with Crippen LogP contribution in [0.15, 0.2) is 24.3 Å². The second kappa shape index (κ2) is 7.37. The molecular weight excluding hydrogens is 274 g/mol. The fraction of sp³-hybridized carbons (Fsp3) is 0.429. The van der Waals surface area contributed by atoms with Crippen molar-refractivity contribution in [3.8, 4) is 5.75 Å². The number of nitrogen functional groups attached to an aromatic ring is 1. The third-order valence-corrected chi connectivity index (χ3v) is 3.02. The maximum absolute atomic E-state index is 11.5. The van der Waals surface area contributed by atoms with Gasteiger partial charge < -0.3 is 25.4 Å². The van der Waals surface area contributed by atoms with Crippen LogP contribution in [0.25, 0.3) is 0 Å². The Bertz CT molecular complexity index is 489. The molecule has 1 saturated heterocycles. The molecule has 2 rings (SSSR count). The van der Waals surface area contributed by atoms with Crippen LogP contribution in [0.2, 0.25) is 0 Å². The summed E-state index contributed by atoms with van der Waals surface area (Å²) in [6.45, 7) is 2.15. The van der Waals surface area contributed by atoms with Gasteiger partial charge in [0.15, 0.2) is 0 Å². The number of nitrogens with one attached hydrogen (secondary N) is 1. The first-order valence-electron chi connectivity index (χ1n) is 6.82. The summed E-state index contributed by atoms with van der Waals surface area (Å²) in [5.74, 6) is 0.316. The SMILES string of the molecule is Nc1ccc(OCCC(=O)OCCN2CCNC2=O)cc1. The Morgan fingerprint density at radius 1 is 1.29 bits per heavy atom. The summed E-state index contributed by atoms with van der Waals surface area (Å²) < 4.78 is 10.4. The smallest absolute Gasteiger partial charge is 0.317 e. The molecule has 0 radical (unpaired) electrons. The highest BCUT2D eigenvalue weighted by Crippen LogP contribution is 2.13. The van der Waals surface area contributed by atoms with Gasteiger partial charge in [0, 0.05) is 18.8 Å². The fourth-order valence-corrected chi connectivity index (χ4v) is 1.88. The zero-order valence-corrected chi connectivity index (χ0v) is 11.7. The number of nitrogens with zero attached hydrogens (tertiary/aromatic N) is 1. The molecule has 0 spiro atoms. The Morgan fingerprint density at radius 3 is 2.71 bits per heavy atom. The quantitative estimate of drug-likeness (QED) is 0.567. The molecule has 21 heavy (non-hydrogen) atoms. The number of nitrogens with two attached hydrogens (primary N) is 1. The Balaban J connectivity index is 1.57. The van der Waals surface area contributed by atoms with Crippen molar-refractivity contribution in [1.29, 1.82) is 0 Å². The normalized spacial score (nSPS) is 13.9. The number of urea groups is 1. The number of hydrogen-bond acceptors (Lipinski definition) is 5. The lowest BCUT2D eigenvalue weighted by Gasteiger charge is -2.13. The van der Waals surface area contributed by atoms with E-state index in [9.17, 15) is 9.59 Å². The molecule has 0 saturated carbocycles. The van der Waals surface area contributed by atoms with Crippen molar-refractivity contribution < 1.29 is 19.1 Å². The van der Waals surface area contributed by atoms with Gasteiger partial charge in [0.1, 0.15) is 12.4 Å². The monoisotopic (exact) mass is 293 g/mol. The average molecular weight is 293 g/mol. The first-order chi connectivity index (χ1) is 10.1. The molecule has 0 atom stereocenters. The summed E-state index contributed by atoms with van der Waals surface area (Å²) in [5.41, 5.74) is 6.22. The van der Waals surface area contributed by atoms with Crippen LogP contribution in [0.4, 0.5) is 10.5 Å². The molecule has 1 aliphatic rings. The van der Waals surface area contributed by atoms with E-state index < -0.39 is 0 Å². The average Bonchev–Trinajstić information content (AvgIpc) is 2.87. The van der Waals surface area contributed by atoms with Gasteiger partial charge in [0.25, 0.3) is 0 Å². The van der Waals surface area contributed by atoms with E-state index in [0.29, 0.717) is 31.1 Å². The second-order valence-corrected chi connectivity index (χ2v) is 4.61. The largest absolute Gasteiger partial charge is 0.493 e. The van der Waals surface area contributed by atoms with E-state index in [1.807, 2.05) is 0 Å². The predicted molar refractivity (Wildman–Crippen MR) is 76.9 cm³/mol. The lowest BCUT2D eigenvalue weighted by Crippen LogP contribution is -2.31. The topological polar surface area (TPSA) is 93.9 Å². The lowest BCUT2D eigenvalue weighted by atomic mass is 10.3. The molecule has 7 nitrogen and oxygen atoms in total. The molecule has 1 heterocycles. The van der Waals surface area contributed by atoms with Gasteiger partial charge in [0.2, 0.25) is 0 Å². The van der Waals surface area contributed by atoms with Gasteiger partial charge in [-0.2, -0.15) is 0 Å². The van der Waals surface area contributed by atoms with Gasteiger partial charge in [-0.15, -0.1) is 0 Å². The lowest BCUT2D eigenvalue weighted by molar-refractivity contribution is -0.144. The molecule has 0 bridgehead atoms. The van der Waals surface area contributed by atoms with E-state index in [-0.39, 0.29) is 31.6 Å². The third kappa shape index (κ3) is 4.87. The minimum atomic E-state index is -0.343. The van der Waals surface area contributed by atoms with Crippen LogP contribution < -0.4 is 15.8 Å². The number of carbonyl (C=O) groups is 2. The Morgan fingerprint density at radius 2 is 2.05 bits per heavy atom. The number of esters is 1. The van der Waals surface area contributed by atoms with Crippen molar-refractivity contribution in [2.24, 2.45) is 0 Å². The van der Waals surface area contributed by atoms with E-state index in [0.717, 1.165) is 0 Å². The number of ether oxygens (including phenoxy) is 2. The van der Waals surface area contributed by atoms with Crippen LogP contribution in [-0.2, 0) is 9.53 Å². The molecule has 1 aromatic rings. The molecule has 0 unspecified atom stereocenters. The van der Waals surface area contributed by atoms with Crippen LogP contribution in [-0.4, -0.2) is 49.7 Å². The van der Waals surface area contributed by atoms with Gasteiger partial charge in [-0.05, 0) is 24.3 Å². The van der Waals surface area contributed by atoms with Gasteiger partial charge in [-0.25, -0.2) is 4.79 Å². The highest BCUT2D eigenvalue weighted by Gasteiger charge is 2.19. The molecule has 0 aliphatic carbocycles. The van der Waals surface area contributed by atoms with Crippen molar-refractivity contribution in [3.05, 3.63) is 24.3 Å². The molecule has 1 fully saturated rings. The van der Waals surface area contributed by atoms with E-state index >= 15 is 0 Å². The van der Waals surface area contributed by atoms with Crippen LogP contribution in [0.5, 0.6) is 5.75 Å². The van der Waals surface area contributed by atoms with Crippen LogP contribution >= 0.6 is 0 Å². The fourth-order valence-electron chi connectivity index (χ4n) is 1.88. The molecule has 0 aromatic heterocycles. The van der Waals surface area contributed by atoms with E-state index in [4.69, 9.17) is 15.2 Å². The van der Waals surface area contributed by atoms with E-state index in [2.05, 4.69) is 5.32 Å². The van der Waals surface area contributed by atoms with Crippen molar-refractivity contribution >= 4 is 17.7 Å². The number of carbonyl (C=O) groups excluding carboxylic acids is 2. The Kier molecular flexibility index (Phi) is 5.25. The standard InChI is InChI=1S/C14H19N3O4/c15-11-1-3-12(4-2-11)20-9-5-13(18)21-10-8-17-7-6-16-14(17)19/h1-4H,5-10,15H2,(H,16,19). The summed E-state index contributed by atoms with van der Waals surface area (Å²) in [7, 11) is 0. The van der Waals surface area contributed by atoms with Gasteiger partial charge in [0.05, 0.1) is 19.6 Å². The zero-order valence-electron chi connectivity index (χ0n) is 11.7. The van der Waals surface area contributed by atoms with Crippen molar-refractivity contribution in [3.63, 3.8) is 0 Å². The number of hydrogen-bond donors (Lipinski definition) is 2. The molecule has 1 aromatic carbocycles. The number of anilines is 1. The van der Waals surface area contributed by atoms with Gasteiger partial charge in [-0.1, -0.05) is 0 Å². The summed E-state index contributed by atoms with van der Waals surface area (Å²) in [6.07, 6.45) is 0.163. The molecule has 3 N–H and O–H groups in total. The minimum Gasteiger partial charge on any atom is -0.493 e. The van der Waals surface area contributed by atoms with Crippen molar-refractivity contribution in [1.82, 2.24) is 10.2 Å². The van der Waals surface area contributed by atoms with E-state index in [1.54, 1.807) is 29.2 Å². The molecule has 114 valence electrons. The van der Waals surface area contributed by atoms with Crippen LogP contribution in [0, 0.1) is 0 Å². The minimum absolute atomic E-state index is 0.113. The predicted octanol–water partition coefficient (Wildman–Crippen LogP) is 0.606. The molecule has 2 amide bonds. The first kappa shape index (κ1) is 15.0. The van der Waals surface area contributed by atoms with E-state index in [1.165, 1.54) is 0 Å². The number of benzene rings is 1. The summed E-state index contributed by atoms with van der Waals surface area (Å²) in [5, 5.41) is 2.68. The summed E-state index contributed by atoms with van der Waals surface area (Å²) >= 11 is 0. The summed E-state index contributed by atoms with van der Waals surface area (Å²) in [6, 6.07) is 6.83. The van der Waals surface area contributed by atoms with Gasteiger partial charge >= 0.3 is 12.0 Å². The Labute approximate surface area is 123 Å².